The Bertz CT molecular complexity index is 544. The molecule has 7 nitrogen and oxygen atoms in total. The second kappa shape index (κ2) is 8.69. The summed E-state index contributed by atoms with van der Waals surface area (Å²) < 4.78 is 28.4. The molecule has 0 bridgehead atoms. The lowest BCUT2D eigenvalue weighted by atomic mass is 9.97. The van der Waals surface area contributed by atoms with Crippen LogP contribution in [0.2, 0.25) is 0 Å². The topological polar surface area (TPSA) is 88.1 Å². The van der Waals surface area contributed by atoms with Crippen molar-refractivity contribution in [3.8, 4) is 0 Å². The van der Waals surface area contributed by atoms with Gasteiger partial charge in [0.25, 0.3) is 0 Å². The van der Waals surface area contributed by atoms with Crippen LogP contribution in [-0.4, -0.2) is 69.0 Å². The van der Waals surface area contributed by atoms with Crippen LogP contribution in [0.15, 0.2) is 4.99 Å². The standard InChI is InChI=1S/C16H31N3O4S/c1-6-17-15(18-9-12-24(21,22)16(2,3)4)19-10-7-13(8-11-19)14(20)23-5/h13H,6-12H2,1-5H3,(H,17,18). The van der Waals surface area contributed by atoms with Crippen molar-refractivity contribution >= 4 is 21.8 Å². The van der Waals surface area contributed by atoms with Crippen LogP contribution in [0.3, 0.4) is 0 Å². The number of aliphatic imine (C=N–C) groups is 1. The number of nitrogens with zero attached hydrogens (tertiary/aromatic N) is 2. The summed E-state index contributed by atoms with van der Waals surface area (Å²) in [6, 6.07) is 0. The summed E-state index contributed by atoms with van der Waals surface area (Å²) in [6.07, 6.45) is 1.44. The van der Waals surface area contributed by atoms with Crippen molar-refractivity contribution < 1.29 is 17.9 Å². The monoisotopic (exact) mass is 361 g/mol. The number of hydrogen-bond acceptors (Lipinski definition) is 5. The minimum absolute atomic E-state index is 0.0318. The summed E-state index contributed by atoms with van der Waals surface area (Å²) in [6.45, 7) is 9.44. The zero-order valence-electron chi connectivity index (χ0n) is 15.5. The van der Waals surface area contributed by atoms with Crippen LogP contribution in [0.4, 0.5) is 0 Å². The van der Waals surface area contributed by atoms with Gasteiger partial charge in [-0.15, -0.1) is 0 Å². The number of likely N-dealkylation sites (tertiary alicyclic amines) is 1. The molecule has 0 radical (unpaired) electrons. The van der Waals surface area contributed by atoms with E-state index in [2.05, 4.69) is 15.2 Å². The molecule has 140 valence electrons. The molecular formula is C16H31N3O4S. The van der Waals surface area contributed by atoms with E-state index in [-0.39, 0.29) is 24.2 Å². The first-order valence-corrected chi connectivity index (χ1v) is 10.1. The number of nitrogens with one attached hydrogen (secondary N) is 1. The molecule has 0 spiro atoms. The fourth-order valence-corrected chi connectivity index (χ4v) is 3.44. The summed E-state index contributed by atoms with van der Waals surface area (Å²) in [4.78, 5) is 18.1. The molecule has 1 aliphatic rings. The second-order valence-corrected chi connectivity index (χ2v) is 9.81. The lowest BCUT2D eigenvalue weighted by Crippen LogP contribution is -2.47. The molecule has 0 unspecified atom stereocenters. The van der Waals surface area contributed by atoms with Crippen LogP contribution in [0.1, 0.15) is 40.5 Å². The van der Waals surface area contributed by atoms with Gasteiger partial charge in [0.1, 0.15) is 0 Å². The largest absolute Gasteiger partial charge is 0.469 e. The molecule has 1 rings (SSSR count). The van der Waals surface area contributed by atoms with Gasteiger partial charge in [0.2, 0.25) is 0 Å². The Balaban J connectivity index is 2.66. The van der Waals surface area contributed by atoms with Gasteiger partial charge < -0.3 is 15.0 Å². The van der Waals surface area contributed by atoms with Crippen molar-refractivity contribution in [2.24, 2.45) is 10.9 Å². The fourth-order valence-electron chi connectivity index (χ4n) is 2.50. The smallest absolute Gasteiger partial charge is 0.308 e. The number of carbonyl (C=O) groups is 1. The van der Waals surface area contributed by atoms with Crippen LogP contribution in [0.25, 0.3) is 0 Å². The molecule has 8 heteroatoms. The third kappa shape index (κ3) is 5.65. The first-order valence-electron chi connectivity index (χ1n) is 8.45. The zero-order chi connectivity index (χ0) is 18.4. The normalized spacial score (nSPS) is 17.7. The average Bonchev–Trinajstić information content (AvgIpc) is 2.52. The van der Waals surface area contributed by atoms with Crippen LogP contribution in [0, 0.1) is 5.92 Å². The zero-order valence-corrected chi connectivity index (χ0v) is 16.3. The van der Waals surface area contributed by atoms with E-state index < -0.39 is 14.6 Å². The molecule has 1 saturated heterocycles. The Kier molecular flexibility index (Phi) is 7.51. The third-order valence-electron chi connectivity index (χ3n) is 4.22. The molecule has 24 heavy (non-hydrogen) atoms. The SMILES string of the molecule is CCNC(=NCCS(=O)(=O)C(C)(C)C)N1CCC(C(=O)OC)CC1. The third-order valence-corrected chi connectivity index (χ3v) is 6.80. The van der Waals surface area contributed by atoms with Gasteiger partial charge in [-0.1, -0.05) is 0 Å². The van der Waals surface area contributed by atoms with Crippen LogP contribution in [0.5, 0.6) is 0 Å². The number of rotatable bonds is 5. The first-order chi connectivity index (χ1) is 11.1. The number of guanidine groups is 1. The van der Waals surface area contributed by atoms with Crippen molar-refractivity contribution in [3.63, 3.8) is 0 Å². The number of methoxy groups -OCH3 is 1. The van der Waals surface area contributed by atoms with Gasteiger partial charge in [-0.25, -0.2) is 8.42 Å². The predicted octanol–water partition coefficient (Wildman–Crippen LogP) is 1.05. The maximum Gasteiger partial charge on any atom is 0.308 e. The molecular weight excluding hydrogens is 330 g/mol. The molecule has 0 aromatic carbocycles. The van der Waals surface area contributed by atoms with Gasteiger partial charge in [-0.3, -0.25) is 9.79 Å². The van der Waals surface area contributed by atoms with Crippen molar-refractivity contribution in [2.75, 3.05) is 39.0 Å². The summed E-state index contributed by atoms with van der Waals surface area (Å²) in [5, 5.41) is 3.20. The van der Waals surface area contributed by atoms with E-state index in [4.69, 9.17) is 4.74 Å². The molecule has 0 aromatic rings. The summed E-state index contributed by atoms with van der Waals surface area (Å²) >= 11 is 0. The van der Waals surface area contributed by atoms with Crippen molar-refractivity contribution in [1.29, 1.82) is 0 Å². The Morgan fingerprint density at radius 1 is 1.29 bits per heavy atom. The van der Waals surface area contributed by atoms with Crippen molar-refractivity contribution in [1.82, 2.24) is 10.2 Å². The lowest BCUT2D eigenvalue weighted by Gasteiger charge is -2.33. The van der Waals surface area contributed by atoms with Crippen molar-refractivity contribution in [3.05, 3.63) is 0 Å². The number of esters is 1. The van der Waals surface area contributed by atoms with E-state index in [0.29, 0.717) is 25.6 Å². The van der Waals surface area contributed by atoms with E-state index in [1.165, 1.54) is 7.11 Å². The number of piperidine rings is 1. The van der Waals surface area contributed by atoms with E-state index in [9.17, 15) is 13.2 Å². The Morgan fingerprint density at radius 3 is 2.33 bits per heavy atom. The number of sulfone groups is 1. The quantitative estimate of drug-likeness (QED) is 0.447. The average molecular weight is 362 g/mol. The molecule has 1 heterocycles. The molecule has 1 fully saturated rings. The van der Waals surface area contributed by atoms with Crippen LogP contribution in [-0.2, 0) is 19.4 Å². The van der Waals surface area contributed by atoms with E-state index >= 15 is 0 Å². The van der Waals surface area contributed by atoms with Crippen LogP contribution >= 0.6 is 0 Å². The van der Waals surface area contributed by atoms with Gasteiger partial charge in [0.05, 0.1) is 30.1 Å². The molecule has 0 aliphatic carbocycles. The molecule has 0 atom stereocenters. The number of carbonyl (C=O) groups excluding carboxylic acids is 1. The highest BCUT2D eigenvalue weighted by Crippen LogP contribution is 2.19. The number of hydrogen-bond donors (Lipinski definition) is 1. The second-order valence-electron chi connectivity index (χ2n) is 6.95. The number of ether oxygens (including phenoxy) is 1. The highest BCUT2D eigenvalue weighted by Gasteiger charge is 2.29. The molecule has 0 saturated carbocycles. The Labute approximate surface area is 145 Å². The maximum absolute atomic E-state index is 12.2. The van der Waals surface area contributed by atoms with Gasteiger partial charge in [0, 0.05) is 19.6 Å². The van der Waals surface area contributed by atoms with Gasteiger partial charge in [0.15, 0.2) is 15.8 Å². The van der Waals surface area contributed by atoms with E-state index in [1.807, 2.05) is 6.92 Å². The fraction of sp³-hybridized carbons (Fsp3) is 0.875. The summed E-state index contributed by atoms with van der Waals surface area (Å²) in [5.41, 5.74) is 0. The Morgan fingerprint density at radius 2 is 1.88 bits per heavy atom. The summed E-state index contributed by atoms with van der Waals surface area (Å²) in [7, 11) is -1.76. The van der Waals surface area contributed by atoms with Gasteiger partial charge in [-0.2, -0.15) is 0 Å². The summed E-state index contributed by atoms with van der Waals surface area (Å²) in [5.74, 6) is 0.525. The minimum atomic E-state index is -3.18. The van der Waals surface area contributed by atoms with E-state index in [1.54, 1.807) is 20.8 Å². The highest BCUT2D eigenvalue weighted by molar-refractivity contribution is 7.92. The predicted molar refractivity (Wildman–Crippen MR) is 95.8 cm³/mol. The highest BCUT2D eigenvalue weighted by atomic mass is 32.2. The first kappa shape index (κ1) is 20.7. The van der Waals surface area contributed by atoms with Crippen LogP contribution < -0.4 is 5.32 Å². The van der Waals surface area contributed by atoms with Gasteiger partial charge in [-0.05, 0) is 40.5 Å². The molecule has 1 aliphatic heterocycles. The Hall–Kier alpha value is -1.31. The molecule has 0 amide bonds. The minimum Gasteiger partial charge on any atom is -0.469 e. The maximum atomic E-state index is 12.2. The lowest BCUT2D eigenvalue weighted by molar-refractivity contribution is -0.146. The molecule has 0 aromatic heterocycles. The van der Waals surface area contributed by atoms with E-state index in [0.717, 1.165) is 12.8 Å². The van der Waals surface area contributed by atoms with Gasteiger partial charge >= 0.3 is 5.97 Å². The molecule has 1 N–H and O–H groups in total. The van der Waals surface area contributed by atoms with Crippen molar-refractivity contribution in [2.45, 2.75) is 45.3 Å².